The van der Waals surface area contributed by atoms with Crippen molar-refractivity contribution < 1.29 is 13.2 Å². The first-order valence-corrected chi connectivity index (χ1v) is 5.62. The zero-order valence-corrected chi connectivity index (χ0v) is 7.62. The van der Waals surface area contributed by atoms with Crippen LogP contribution in [0.2, 0.25) is 0 Å². The van der Waals surface area contributed by atoms with Crippen LogP contribution in [0.3, 0.4) is 0 Å². The first kappa shape index (κ1) is 8.44. The lowest BCUT2D eigenvalue weighted by Gasteiger charge is -2.24. The Morgan fingerprint density at radius 2 is 1.77 bits per heavy atom. The molecule has 1 aliphatic heterocycles. The Hall–Kier alpha value is -1.16. The van der Waals surface area contributed by atoms with E-state index in [1.807, 2.05) is 0 Å². The van der Waals surface area contributed by atoms with Gasteiger partial charge in [-0.15, -0.1) is 0 Å². The molecule has 0 aliphatic carbocycles. The Morgan fingerprint density at radius 1 is 1.15 bits per heavy atom. The summed E-state index contributed by atoms with van der Waals surface area (Å²) in [4.78, 5) is 11.1. The standard InChI is InChI=1S/C9H8O3S/c10-8-6-13(11,12)9(8)7-4-2-1-3-5-7/h1-5,9H,6H2/t9-/m1/s1. The van der Waals surface area contributed by atoms with E-state index >= 15 is 0 Å². The summed E-state index contributed by atoms with van der Waals surface area (Å²) in [7, 11) is -3.17. The molecule has 0 amide bonds. The van der Waals surface area contributed by atoms with Crippen molar-refractivity contribution in [3.63, 3.8) is 0 Å². The van der Waals surface area contributed by atoms with Gasteiger partial charge < -0.3 is 0 Å². The van der Waals surface area contributed by atoms with Crippen LogP contribution in [-0.2, 0) is 14.6 Å². The Balaban J connectivity index is 2.43. The maximum absolute atomic E-state index is 11.2. The van der Waals surface area contributed by atoms with Crippen molar-refractivity contribution in [2.45, 2.75) is 5.25 Å². The van der Waals surface area contributed by atoms with Crippen molar-refractivity contribution in [2.75, 3.05) is 5.75 Å². The van der Waals surface area contributed by atoms with E-state index in [-0.39, 0.29) is 11.5 Å². The second-order valence-corrected chi connectivity index (χ2v) is 5.15. The van der Waals surface area contributed by atoms with Crippen molar-refractivity contribution in [2.24, 2.45) is 0 Å². The quantitative estimate of drug-likeness (QED) is 0.665. The van der Waals surface area contributed by atoms with Crippen LogP contribution in [0.5, 0.6) is 0 Å². The van der Waals surface area contributed by atoms with Crippen LogP contribution in [0.25, 0.3) is 0 Å². The van der Waals surface area contributed by atoms with Crippen LogP contribution >= 0.6 is 0 Å². The summed E-state index contributed by atoms with van der Waals surface area (Å²) >= 11 is 0. The van der Waals surface area contributed by atoms with Crippen molar-refractivity contribution in [1.82, 2.24) is 0 Å². The van der Waals surface area contributed by atoms with E-state index in [9.17, 15) is 13.2 Å². The van der Waals surface area contributed by atoms with Gasteiger partial charge in [-0.25, -0.2) is 8.42 Å². The largest absolute Gasteiger partial charge is 0.297 e. The molecule has 0 bridgehead atoms. The topological polar surface area (TPSA) is 51.2 Å². The number of hydrogen-bond acceptors (Lipinski definition) is 3. The Morgan fingerprint density at radius 3 is 2.23 bits per heavy atom. The van der Waals surface area contributed by atoms with Gasteiger partial charge >= 0.3 is 0 Å². The third-order valence-corrected chi connectivity index (χ3v) is 4.04. The number of Topliss-reactive ketones (excluding diaryl/α,β-unsaturated/α-hetero) is 1. The highest BCUT2D eigenvalue weighted by Crippen LogP contribution is 2.32. The van der Waals surface area contributed by atoms with Gasteiger partial charge in [0.2, 0.25) is 0 Å². The van der Waals surface area contributed by atoms with Crippen molar-refractivity contribution in [3.05, 3.63) is 35.9 Å². The van der Waals surface area contributed by atoms with E-state index in [1.165, 1.54) is 0 Å². The fourth-order valence-electron chi connectivity index (χ4n) is 1.48. The van der Waals surface area contributed by atoms with Crippen LogP contribution < -0.4 is 0 Å². The van der Waals surface area contributed by atoms with Crippen LogP contribution in [0, 0.1) is 0 Å². The molecule has 4 heteroatoms. The van der Waals surface area contributed by atoms with Gasteiger partial charge in [0.1, 0.15) is 11.0 Å². The molecule has 3 nitrogen and oxygen atoms in total. The van der Waals surface area contributed by atoms with Gasteiger partial charge in [0, 0.05) is 0 Å². The van der Waals surface area contributed by atoms with Gasteiger partial charge in [0.25, 0.3) is 0 Å². The predicted molar refractivity (Wildman–Crippen MR) is 48.0 cm³/mol. The van der Waals surface area contributed by atoms with Gasteiger partial charge in [-0.2, -0.15) is 0 Å². The van der Waals surface area contributed by atoms with E-state index in [0.717, 1.165) is 0 Å². The maximum Gasteiger partial charge on any atom is 0.171 e. The van der Waals surface area contributed by atoms with Gasteiger partial charge in [-0.1, -0.05) is 30.3 Å². The molecule has 1 atom stereocenters. The van der Waals surface area contributed by atoms with Gasteiger partial charge in [0.15, 0.2) is 15.6 Å². The molecule has 1 saturated heterocycles. The number of benzene rings is 1. The number of hydrogen-bond donors (Lipinski definition) is 0. The predicted octanol–water partition coefficient (Wildman–Crippen LogP) is 0.725. The monoisotopic (exact) mass is 196 g/mol. The molecule has 1 aromatic rings. The van der Waals surface area contributed by atoms with E-state index in [2.05, 4.69) is 0 Å². The molecule has 0 unspecified atom stereocenters. The fourth-order valence-corrected chi connectivity index (χ4v) is 2.97. The zero-order valence-electron chi connectivity index (χ0n) is 6.80. The van der Waals surface area contributed by atoms with Gasteiger partial charge in [-0.3, -0.25) is 4.79 Å². The molecule has 0 radical (unpaired) electrons. The van der Waals surface area contributed by atoms with Gasteiger partial charge in [0.05, 0.1) is 0 Å². The number of ketones is 1. The highest BCUT2D eigenvalue weighted by Gasteiger charge is 2.45. The van der Waals surface area contributed by atoms with Crippen LogP contribution in [0.1, 0.15) is 10.8 Å². The SMILES string of the molecule is O=C1CS(=O)(=O)[C@@H]1c1ccccc1. The van der Waals surface area contributed by atoms with E-state index in [0.29, 0.717) is 5.56 Å². The third-order valence-electron chi connectivity index (χ3n) is 2.10. The van der Waals surface area contributed by atoms with Crippen LogP contribution in [0.4, 0.5) is 0 Å². The highest BCUT2D eigenvalue weighted by atomic mass is 32.2. The number of rotatable bonds is 1. The average Bonchev–Trinajstić information content (AvgIpc) is 2.04. The molecule has 0 spiro atoms. The molecule has 13 heavy (non-hydrogen) atoms. The first-order valence-electron chi connectivity index (χ1n) is 3.90. The summed E-state index contributed by atoms with van der Waals surface area (Å²) in [5.74, 6) is -0.502. The summed E-state index contributed by atoms with van der Waals surface area (Å²) in [6.07, 6.45) is 0. The van der Waals surface area contributed by atoms with E-state index < -0.39 is 15.1 Å². The molecule has 1 fully saturated rings. The number of carbonyl (C=O) groups excluding carboxylic acids is 1. The van der Waals surface area contributed by atoms with E-state index in [4.69, 9.17) is 0 Å². The average molecular weight is 196 g/mol. The smallest absolute Gasteiger partial charge is 0.171 e. The zero-order chi connectivity index (χ0) is 9.47. The molecule has 0 aromatic heterocycles. The Bertz CT molecular complexity index is 433. The normalized spacial score (nSPS) is 25.2. The summed E-state index contributed by atoms with van der Waals surface area (Å²) in [6, 6.07) is 8.59. The lowest BCUT2D eigenvalue weighted by atomic mass is 10.1. The lowest BCUT2D eigenvalue weighted by molar-refractivity contribution is -0.117. The molecule has 1 aromatic carbocycles. The summed E-state index contributed by atoms with van der Waals surface area (Å²) in [5.41, 5.74) is 0.582. The molecule has 1 heterocycles. The Kier molecular flexibility index (Phi) is 1.73. The first-order chi connectivity index (χ1) is 6.11. The maximum atomic E-state index is 11.2. The molecular formula is C9H8O3S. The molecule has 0 N–H and O–H groups in total. The van der Waals surface area contributed by atoms with Crippen LogP contribution in [-0.4, -0.2) is 20.0 Å². The third kappa shape index (κ3) is 1.27. The van der Waals surface area contributed by atoms with Crippen LogP contribution in [0.15, 0.2) is 30.3 Å². The minimum Gasteiger partial charge on any atom is -0.297 e. The Labute approximate surface area is 76.3 Å². The minimum atomic E-state index is -3.17. The van der Waals surface area contributed by atoms with Crippen molar-refractivity contribution in [1.29, 1.82) is 0 Å². The molecule has 1 aliphatic rings. The molecular weight excluding hydrogens is 188 g/mol. The molecule has 68 valence electrons. The molecule has 0 saturated carbocycles. The lowest BCUT2D eigenvalue weighted by Crippen LogP contribution is -2.40. The summed E-state index contributed by atoms with van der Waals surface area (Å²) < 4.78 is 22.4. The second-order valence-electron chi connectivity index (χ2n) is 3.06. The minimum absolute atomic E-state index is 0.203. The van der Waals surface area contributed by atoms with Gasteiger partial charge in [-0.05, 0) is 5.56 Å². The van der Waals surface area contributed by atoms with E-state index in [1.54, 1.807) is 30.3 Å². The number of sulfone groups is 1. The van der Waals surface area contributed by atoms with Crippen molar-refractivity contribution >= 4 is 15.6 Å². The highest BCUT2D eigenvalue weighted by molar-refractivity contribution is 7.95. The second kappa shape index (κ2) is 2.67. The van der Waals surface area contributed by atoms with Crippen molar-refractivity contribution in [3.8, 4) is 0 Å². The summed E-state index contributed by atoms with van der Waals surface area (Å²) in [6.45, 7) is 0. The fraction of sp³-hybridized carbons (Fsp3) is 0.222. The molecule has 2 rings (SSSR count). The number of carbonyl (C=O) groups is 1. The summed E-state index contributed by atoms with van der Waals surface area (Å²) in [5, 5.41) is -0.895.